The molecule has 1 aliphatic rings. The summed E-state index contributed by atoms with van der Waals surface area (Å²) in [6, 6.07) is 3.05. The normalized spacial score (nSPS) is 14.0. The van der Waals surface area contributed by atoms with E-state index in [4.69, 9.17) is 10.5 Å². The SMILES string of the molecule is CCOC(=O)c1ccnc(N2CC(c3ccnc(N)n3)C2)c1[N+](=O)[O-]. The Hall–Kier alpha value is -3.30. The zero-order valence-corrected chi connectivity index (χ0v) is 13.5. The summed E-state index contributed by atoms with van der Waals surface area (Å²) in [5.41, 5.74) is 5.90. The lowest BCUT2D eigenvalue weighted by atomic mass is 9.95. The van der Waals surface area contributed by atoms with E-state index < -0.39 is 10.9 Å². The average Bonchev–Trinajstić information content (AvgIpc) is 2.53. The molecule has 0 unspecified atom stereocenters. The van der Waals surface area contributed by atoms with Crippen LogP contribution in [0.1, 0.15) is 28.9 Å². The molecule has 2 aromatic rings. The molecule has 1 fully saturated rings. The van der Waals surface area contributed by atoms with Crippen LogP contribution in [0.2, 0.25) is 0 Å². The summed E-state index contributed by atoms with van der Waals surface area (Å²) < 4.78 is 4.89. The van der Waals surface area contributed by atoms with Crippen molar-refractivity contribution in [3.63, 3.8) is 0 Å². The molecule has 3 heterocycles. The van der Waals surface area contributed by atoms with Gasteiger partial charge >= 0.3 is 11.7 Å². The van der Waals surface area contributed by atoms with Crippen molar-refractivity contribution in [1.82, 2.24) is 15.0 Å². The second-order valence-corrected chi connectivity index (χ2v) is 5.45. The van der Waals surface area contributed by atoms with Gasteiger partial charge in [0.15, 0.2) is 0 Å². The van der Waals surface area contributed by atoms with Gasteiger partial charge in [-0.3, -0.25) is 10.1 Å². The van der Waals surface area contributed by atoms with E-state index in [1.165, 1.54) is 12.3 Å². The predicted octanol–water partition coefficient (Wildman–Crippen LogP) is 1.14. The Kier molecular flexibility index (Phi) is 4.42. The van der Waals surface area contributed by atoms with Crippen LogP contribution in [-0.4, -0.2) is 45.5 Å². The Morgan fingerprint density at radius 1 is 1.40 bits per heavy atom. The number of aromatic nitrogens is 3. The minimum absolute atomic E-state index is 0.0675. The summed E-state index contributed by atoms with van der Waals surface area (Å²) in [6.07, 6.45) is 2.94. The van der Waals surface area contributed by atoms with Crippen molar-refractivity contribution < 1.29 is 14.5 Å². The Morgan fingerprint density at radius 2 is 2.12 bits per heavy atom. The number of rotatable bonds is 5. The first-order valence-corrected chi connectivity index (χ1v) is 7.65. The molecule has 2 N–H and O–H groups in total. The van der Waals surface area contributed by atoms with Crippen molar-refractivity contribution in [1.29, 1.82) is 0 Å². The number of nitro groups is 1. The summed E-state index contributed by atoms with van der Waals surface area (Å²) in [6.45, 7) is 2.74. The third-order valence-corrected chi connectivity index (χ3v) is 3.88. The van der Waals surface area contributed by atoms with Gasteiger partial charge in [0, 0.05) is 31.4 Å². The number of ether oxygens (including phenoxy) is 1. The van der Waals surface area contributed by atoms with Gasteiger partial charge in [-0.05, 0) is 19.1 Å². The van der Waals surface area contributed by atoms with E-state index in [0.717, 1.165) is 5.69 Å². The van der Waals surface area contributed by atoms with Gasteiger partial charge in [0.2, 0.25) is 11.8 Å². The van der Waals surface area contributed by atoms with Crippen molar-refractivity contribution >= 4 is 23.4 Å². The first-order chi connectivity index (χ1) is 12.0. The molecule has 0 atom stereocenters. The molecule has 0 radical (unpaired) electrons. The van der Waals surface area contributed by atoms with Crippen molar-refractivity contribution in [3.05, 3.63) is 45.9 Å². The smallest absolute Gasteiger partial charge is 0.345 e. The molecule has 0 spiro atoms. The lowest BCUT2D eigenvalue weighted by molar-refractivity contribution is -0.384. The van der Waals surface area contributed by atoms with E-state index in [9.17, 15) is 14.9 Å². The van der Waals surface area contributed by atoms with E-state index in [-0.39, 0.29) is 35.5 Å². The van der Waals surface area contributed by atoms with Crippen LogP contribution in [0, 0.1) is 10.1 Å². The summed E-state index contributed by atoms with van der Waals surface area (Å²) >= 11 is 0. The lowest BCUT2D eigenvalue weighted by Crippen LogP contribution is -2.46. The van der Waals surface area contributed by atoms with Crippen LogP contribution in [0.15, 0.2) is 24.5 Å². The topological polar surface area (TPSA) is 137 Å². The van der Waals surface area contributed by atoms with E-state index in [0.29, 0.717) is 13.1 Å². The van der Waals surface area contributed by atoms with Gasteiger partial charge in [0.25, 0.3) is 0 Å². The molecule has 10 nitrogen and oxygen atoms in total. The molecule has 3 rings (SSSR count). The fraction of sp³-hybridized carbons (Fsp3) is 0.333. The Morgan fingerprint density at radius 3 is 2.76 bits per heavy atom. The van der Waals surface area contributed by atoms with E-state index in [1.807, 2.05) is 0 Å². The van der Waals surface area contributed by atoms with E-state index >= 15 is 0 Å². The third-order valence-electron chi connectivity index (χ3n) is 3.88. The Labute approximate surface area is 142 Å². The maximum absolute atomic E-state index is 12.0. The number of nitrogens with two attached hydrogens (primary N) is 1. The van der Waals surface area contributed by atoms with Crippen molar-refractivity contribution in [2.45, 2.75) is 12.8 Å². The van der Waals surface area contributed by atoms with Crippen LogP contribution in [0.4, 0.5) is 17.5 Å². The molecule has 0 amide bonds. The van der Waals surface area contributed by atoms with Crippen molar-refractivity contribution in [2.24, 2.45) is 0 Å². The first kappa shape index (κ1) is 16.6. The number of nitrogens with zero attached hydrogens (tertiary/aromatic N) is 5. The van der Waals surface area contributed by atoms with E-state index in [2.05, 4.69) is 15.0 Å². The Balaban J connectivity index is 1.85. The summed E-state index contributed by atoms with van der Waals surface area (Å²) in [4.78, 5) is 36.7. The first-order valence-electron chi connectivity index (χ1n) is 7.65. The molecule has 0 aliphatic carbocycles. The number of hydrogen-bond acceptors (Lipinski definition) is 9. The highest BCUT2D eigenvalue weighted by Gasteiger charge is 2.37. The minimum Gasteiger partial charge on any atom is -0.462 e. The van der Waals surface area contributed by atoms with Crippen LogP contribution < -0.4 is 10.6 Å². The van der Waals surface area contributed by atoms with E-state index in [1.54, 1.807) is 24.1 Å². The Bertz CT molecular complexity index is 821. The minimum atomic E-state index is -0.738. The quantitative estimate of drug-likeness (QED) is 0.480. The fourth-order valence-corrected chi connectivity index (χ4v) is 2.68. The predicted molar refractivity (Wildman–Crippen MR) is 88.2 cm³/mol. The molecule has 0 bridgehead atoms. The zero-order valence-electron chi connectivity index (χ0n) is 13.5. The van der Waals surface area contributed by atoms with Gasteiger partial charge < -0.3 is 15.4 Å². The summed E-state index contributed by atoms with van der Waals surface area (Å²) in [5.74, 6) is -0.338. The molecule has 10 heteroatoms. The molecule has 2 aromatic heterocycles. The lowest BCUT2D eigenvalue weighted by Gasteiger charge is -2.39. The monoisotopic (exact) mass is 344 g/mol. The summed E-state index contributed by atoms with van der Waals surface area (Å²) in [7, 11) is 0. The third kappa shape index (κ3) is 3.18. The number of nitrogen functional groups attached to an aromatic ring is 1. The van der Waals surface area contributed by atoms with Crippen LogP contribution in [0.3, 0.4) is 0 Å². The second kappa shape index (κ2) is 6.67. The second-order valence-electron chi connectivity index (χ2n) is 5.45. The zero-order chi connectivity index (χ0) is 18.0. The molecule has 1 aliphatic heterocycles. The summed E-state index contributed by atoms with van der Waals surface area (Å²) in [5, 5.41) is 11.5. The largest absolute Gasteiger partial charge is 0.462 e. The highest BCUT2D eigenvalue weighted by molar-refractivity contribution is 5.96. The van der Waals surface area contributed by atoms with Crippen molar-refractivity contribution in [2.75, 3.05) is 30.3 Å². The molecular weight excluding hydrogens is 328 g/mol. The highest BCUT2D eigenvalue weighted by atomic mass is 16.6. The number of carbonyl (C=O) groups excluding carboxylic acids is 1. The fourth-order valence-electron chi connectivity index (χ4n) is 2.68. The number of anilines is 2. The van der Waals surface area contributed by atoms with Gasteiger partial charge in [-0.15, -0.1) is 0 Å². The molecule has 25 heavy (non-hydrogen) atoms. The van der Waals surface area contributed by atoms with Gasteiger partial charge in [-0.1, -0.05) is 0 Å². The molecule has 0 saturated carbocycles. The molecular formula is C15H16N6O4. The average molecular weight is 344 g/mol. The van der Waals surface area contributed by atoms with Crippen LogP contribution in [0.5, 0.6) is 0 Å². The van der Waals surface area contributed by atoms with Crippen LogP contribution in [0.25, 0.3) is 0 Å². The maximum atomic E-state index is 12.0. The van der Waals surface area contributed by atoms with Crippen LogP contribution >= 0.6 is 0 Å². The molecule has 0 aromatic carbocycles. The number of carbonyl (C=O) groups is 1. The van der Waals surface area contributed by atoms with Gasteiger partial charge in [-0.25, -0.2) is 19.7 Å². The highest BCUT2D eigenvalue weighted by Crippen LogP contribution is 2.36. The van der Waals surface area contributed by atoms with Crippen LogP contribution in [-0.2, 0) is 4.74 Å². The van der Waals surface area contributed by atoms with Gasteiger partial charge in [0.1, 0.15) is 5.56 Å². The molecule has 130 valence electrons. The van der Waals surface area contributed by atoms with Gasteiger partial charge in [0.05, 0.1) is 17.2 Å². The maximum Gasteiger partial charge on any atom is 0.345 e. The standard InChI is InChI=1S/C15H16N6O4/c1-2-25-14(22)10-3-5-17-13(12(10)21(23)24)20-7-9(8-20)11-4-6-18-15(16)19-11/h3-6,9H,2,7-8H2,1H3,(H2,16,18,19). The molecule has 1 saturated heterocycles. The number of esters is 1. The van der Waals surface area contributed by atoms with Crippen molar-refractivity contribution in [3.8, 4) is 0 Å². The van der Waals surface area contributed by atoms with Gasteiger partial charge in [-0.2, -0.15) is 0 Å². The number of hydrogen-bond donors (Lipinski definition) is 1. The number of pyridine rings is 1.